The molecule has 0 radical (unpaired) electrons. The molecule has 0 spiro atoms. The minimum absolute atomic E-state index is 0.0714. The zero-order valence-corrected chi connectivity index (χ0v) is 16.4. The highest BCUT2D eigenvalue weighted by molar-refractivity contribution is 7.75. The van der Waals surface area contributed by atoms with Gasteiger partial charge in [-0.1, -0.05) is 0 Å². The summed E-state index contributed by atoms with van der Waals surface area (Å²) in [6, 6.07) is 0. The molecule has 0 aliphatic heterocycles. The number of carbonyl (C=O) groups excluding carboxylic acids is 1. The van der Waals surface area contributed by atoms with Crippen LogP contribution in [0.2, 0.25) is 0 Å². The Labute approximate surface area is 142 Å². The van der Waals surface area contributed by atoms with Crippen LogP contribution in [-0.4, -0.2) is 85.0 Å². The number of hydrogen-bond acceptors (Lipinski definition) is 6. The van der Waals surface area contributed by atoms with Crippen LogP contribution in [0.15, 0.2) is 0 Å². The third kappa shape index (κ3) is 19.7. The van der Waals surface area contributed by atoms with Crippen molar-refractivity contribution < 1.29 is 28.8 Å². The fourth-order valence-electron chi connectivity index (χ4n) is 1.47. The quantitative estimate of drug-likeness (QED) is 0.344. The van der Waals surface area contributed by atoms with Crippen LogP contribution in [0.3, 0.4) is 0 Å². The van der Waals surface area contributed by atoms with Gasteiger partial charge in [0.2, 0.25) is 0 Å². The molecule has 0 aromatic rings. The lowest BCUT2D eigenvalue weighted by Gasteiger charge is -2.18. The van der Waals surface area contributed by atoms with Crippen molar-refractivity contribution in [1.29, 1.82) is 0 Å². The van der Waals surface area contributed by atoms with E-state index in [0.29, 0.717) is 26.4 Å². The number of carbonyl (C=O) groups is 1. The Morgan fingerprint density at radius 2 is 1.35 bits per heavy atom. The van der Waals surface area contributed by atoms with Crippen LogP contribution < -0.4 is 5.11 Å². The van der Waals surface area contributed by atoms with Gasteiger partial charge >= 0.3 is 0 Å². The van der Waals surface area contributed by atoms with Crippen molar-refractivity contribution in [2.45, 2.75) is 20.3 Å². The molecule has 0 aromatic carbocycles. The van der Waals surface area contributed by atoms with Gasteiger partial charge in [-0.2, -0.15) is 0 Å². The Morgan fingerprint density at radius 1 is 0.870 bits per heavy atom. The van der Waals surface area contributed by atoms with Gasteiger partial charge in [-0.25, -0.2) is 0 Å². The van der Waals surface area contributed by atoms with Gasteiger partial charge in [0.25, 0.3) is 0 Å². The van der Waals surface area contributed by atoms with Gasteiger partial charge in [0.15, 0.2) is 0 Å². The predicted octanol–water partition coefficient (Wildman–Crippen LogP) is 1.13. The highest BCUT2D eigenvalue weighted by atomic mass is 31.2. The average molecular weight is 354 g/mol. The molecular formula is C16H35O6P. The standard InChI is InChI=1S/C8H16O5.C8H20OP/c1-11-4-5-13-7-6-12-3-2-8(9)10;1-5-10(4,6-2)8-7-9-3/h2-7H2,1H3,(H,9,10);5-8H2,1-4H3/q;+1/p-1. The maximum atomic E-state index is 9.93. The second-order valence-electron chi connectivity index (χ2n) is 5.31. The summed E-state index contributed by atoms with van der Waals surface area (Å²) < 4.78 is 19.8. The number of aliphatic carboxylic acids is 1. The first-order valence-electron chi connectivity index (χ1n) is 8.12. The van der Waals surface area contributed by atoms with E-state index < -0.39 is 13.2 Å². The van der Waals surface area contributed by atoms with Crippen LogP contribution >= 0.6 is 7.26 Å². The Balaban J connectivity index is 0. The van der Waals surface area contributed by atoms with E-state index in [0.717, 1.165) is 6.61 Å². The summed E-state index contributed by atoms with van der Waals surface area (Å²) in [5.74, 6) is -1.10. The van der Waals surface area contributed by atoms with Gasteiger partial charge in [0.1, 0.15) is 0 Å². The second kappa shape index (κ2) is 18.1. The fraction of sp³-hybridized carbons (Fsp3) is 0.938. The van der Waals surface area contributed by atoms with E-state index >= 15 is 0 Å². The van der Waals surface area contributed by atoms with Gasteiger partial charge in [0, 0.05) is 40.5 Å². The number of ether oxygens (including phenoxy) is 4. The molecule has 0 aliphatic carbocycles. The number of carboxylic acid groups (broad SMARTS) is 1. The molecule has 0 saturated carbocycles. The van der Waals surface area contributed by atoms with E-state index in [9.17, 15) is 9.90 Å². The number of rotatable bonds is 14. The molecule has 0 aliphatic rings. The lowest BCUT2D eigenvalue weighted by Crippen LogP contribution is -2.23. The summed E-state index contributed by atoms with van der Waals surface area (Å²) in [6.45, 7) is 10.1. The lowest BCUT2D eigenvalue weighted by molar-refractivity contribution is -0.306. The number of methoxy groups -OCH3 is 2. The van der Waals surface area contributed by atoms with E-state index in [-0.39, 0.29) is 13.0 Å². The molecule has 0 fully saturated rings. The molecule has 23 heavy (non-hydrogen) atoms. The molecule has 0 atom stereocenters. The van der Waals surface area contributed by atoms with E-state index in [1.165, 1.54) is 18.5 Å². The van der Waals surface area contributed by atoms with Crippen LogP contribution in [0.4, 0.5) is 0 Å². The van der Waals surface area contributed by atoms with Crippen LogP contribution in [0, 0.1) is 0 Å². The maximum Gasteiger partial charge on any atom is 0.0825 e. The van der Waals surface area contributed by atoms with Crippen molar-refractivity contribution in [3.63, 3.8) is 0 Å². The Hall–Kier alpha value is -0.260. The van der Waals surface area contributed by atoms with Gasteiger partial charge in [0.05, 0.1) is 58.1 Å². The maximum absolute atomic E-state index is 9.93. The van der Waals surface area contributed by atoms with Crippen molar-refractivity contribution in [3.8, 4) is 0 Å². The van der Waals surface area contributed by atoms with Gasteiger partial charge in [-0.3, -0.25) is 0 Å². The summed E-state index contributed by atoms with van der Waals surface area (Å²) in [5, 5.41) is 9.93. The highest BCUT2D eigenvalue weighted by Crippen LogP contribution is 2.53. The monoisotopic (exact) mass is 354 g/mol. The van der Waals surface area contributed by atoms with Crippen LogP contribution in [0.1, 0.15) is 20.3 Å². The Bertz CT molecular complexity index is 259. The minimum Gasteiger partial charge on any atom is -0.550 e. The minimum atomic E-state index is -1.10. The summed E-state index contributed by atoms with van der Waals surface area (Å²) in [6.07, 6.45) is 3.97. The first-order chi connectivity index (χ1) is 11.0. The van der Waals surface area contributed by atoms with Gasteiger partial charge in [-0.05, 0) is 13.8 Å². The first-order valence-corrected chi connectivity index (χ1v) is 10.9. The normalized spacial score (nSPS) is 11.0. The van der Waals surface area contributed by atoms with Crippen molar-refractivity contribution in [2.24, 2.45) is 0 Å². The molecule has 6 nitrogen and oxygen atoms in total. The largest absolute Gasteiger partial charge is 0.550 e. The molecule has 0 amide bonds. The van der Waals surface area contributed by atoms with Crippen molar-refractivity contribution >= 4 is 13.2 Å². The van der Waals surface area contributed by atoms with Gasteiger partial charge < -0.3 is 28.8 Å². The molecule has 0 bridgehead atoms. The summed E-state index contributed by atoms with van der Waals surface area (Å²) in [4.78, 5) is 9.93. The third-order valence-corrected chi connectivity index (χ3v) is 7.93. The number of carboxylic acids is 1. The second-order valence-corrected chi connectivity index (χ2v) is 10.3. The molecule has 0 heterocycles. The first kappa shape index (κ1) is 25.0. The lowest BCUT2D eigenvalue weighted by atomic mass is 10.5. The van der Waals surface area contributed by atoms with Crippen molar-refractivity contribution in [1.82, 2.24) is 0 Å². The average Bonchev–Trinajstić information content (AvgIpc) is 2.55. The van der Waals surface area contributed by atoms with E-state index in [4.69, 9.17) is 18.9 Å². The van der Waals surface area contributed by atoms with Gasteiger partial charge in [-0.15, -0.1) is 0 Å². The van der Waals surface area contributed by atoms with E-state index in [1.54, 1.807) is 14.2 Å². The summed E-state index contributed by atoms with van der Waals surface area (Å²) >= 11 is 0. The molecule has 0 unspecified atom stereocenters. The van der Waals surface area contributed by atoms with Crippen LogP contribution in [-0.2, 0) is 23.7 Å². The van der Waals surface area contributed by atoms with Crippen LogP contribution in [0.5, 0.6) is 0 Å². The van der Waals surface area contributed by atoms with Crippen molar-refractivity contribution in [3.05, 3.63) is 0 Å². The summed E-state index contributed by atoms with van der Waals surface area (Å²) in [5.41, 5.74) is 0. The smallest absolute Gasteiger partial charge is 0.0825 e. The van der Waals surface area contributed by atoms with Crippen LogP contribution in [0.25, 0.3) is 0 Å². The Morgan fingerprint density at radius 3 is 1.78 bits per heavy atom. The zero-order chi connectivity index (χ0) is 18.0. The fourth-order valence-corrected chi connectivity index (χ4v) is 3.17. The predicted molar refractivity (Wildman–Crippen MR) is 93.8 cm³/mol. The SMILES string of the molecule is CC[P+](C)(CC)CCOC.COCCOCCOCCC(=O)[O-]. The number of hydrogen-bond donors (Lipinski definition) is 0. The third-order valence-electron chi connectivity index (χ3n) is 3.62. The molecule has 140 valence electrons. The van der Waals surface area contributed by atoms with E-state index in [1.807, 2.05) is 0 Å². The molecular weight excluding hydrogens is 319 g/mol. The molecule has 0 saturated heterocycles. The Kier molecular flexibility index (Phi) is 19.6. The molecule has 0 aromatic heterocycles. The van der Waals surface area contributed by atoms with Crippen molar-refractivity contribution in [2.75, 3.05) is 79.0 Å². The molecule has 0 rings (SSSR count). The molecule has 7 heteroatoms. The van der Waals surface area contributed by atoms with E-state index in [2.05, 4.69) is 20.5 Å². The topological polar surface area (TPSA) is 77.0 Å². The highest BCUT2D eigenvalue weighted by Gasteiger charge is 2.25. The summed E-state index contributed by atoms with van der Waals surface area (Å²) in [7, 11) is 2.81. The zero-order valence-electron chi connectivity index (χ0n) is 15.5. The molecule has 0 N–H and O–H groups in total.